The van der Waals surface area contributed by atoms with Crippen molar-refractivity contribution in [2.75, 3.05) is 4.90 Å². The lowest BCUT2D eigenvalue weighted by atomic mass is 9.94. The van der Waals surface area contributed by atoms with Crippen molar-refractivity contribution >= 4 is 71.3 Å². The van der Waals surface area contributed by atoms with E-state index in [-0.39, 0.29) is 29.9 Å². The summed E-state index contributed by atoms with van der Waals surface area (Å²) in [6.45, 7) is 0. The number of hydrogen-bond acceptors (Lipinski definition) is 4. The van der Waals surface area contributed by atoms with Gasteiger partial charge in [0, 0.05) is 33.4 Å². The Hall–Kier alpha value is -6.49. The number of rotatable bonds is 6. The molecule has 8 aromatic carbocycles. The summed E-state index contributed by atoms with van der Waals surface area (Å²) in [5.74, 6) is 0. The third kappa shape index (κ3) is 5.16. The number of furan rings is 1. The zero-order valence-electron chi connectivity index (χ0n) is 32.1. The Labute approximate surface area is 306 Å². The van der Waals surface area contributed by atoms with E-state index in [2.05, 4.69) is 78.9 Å². The maximum atomic E-state index is 8.72. The predicted octanol–water partition coefficient (Wildman–Crippen LogP) is 13.8. The van der Waals surface area contributed by atoms with Gasteiger partial charge in [0.25, 0.3) is 0 Å². The molecule has 4 heteroatoms. The van der Waals surface area contributed by atoms with Crippen molar-refractivity contribution in [3.8, 4) is 32.8 Å². The molecule has 0 N–H and O–H groups in total. The summed E-state index contributed by atoms with van der Waals surface area (Å²) < 4.78 is 50.0. The molecule has 0 unspecified atom stereocenters. The van der Waals surface area contributed by atoms with Crippen molar-refractivity contribution in [1.82, 2.24) is 4.98 Å². The van der Waals surface area contributed by atoms with E-state index < -0.39 is 6.04 Å². The summed E-state index contributed by atoms with van der Waals surface area (Å²) in [5.41, 5.74) is 9.16. The van der Waals surface area contributed by atoms with Crippen LogP contribution in [0.15, 0.2) is 186 Å². The molecule has 10 rings (SSSR count). The smallest absolute Gasteiger partial charge is 0.136 e. The van der Waals surface area contributed by atoms with Crippen molar-refractivity contribution in [3.63, 3.8) is 0 Å². The van der Waals surface area contributed by atoms with Crippen LogP contribution in [0.2, 0.25) is 0 Å². The number of aromatic nitrogens is 1. The van der Waals surface area contributed by atoms with E-state index in [0.29, 0.717) is 11.4 Å². The van der Waals surface area contributed by atoms with Gasteiger partial charge in [-0.3, -0.25) is 0 Å². The van der Waals surface area contributed by atoms with Crippen LogP contribution < -0.4 is 4.90 Å². The lowest BCUT2D eigenvalue weighted by Crippen LogP contribution is -2.09. The van der Waals surface area contributed by atoms with E-state index in [0.717, 1.165) is 75.8 Å². The SMILES string of the molecule is [2H]c1c([2H])c([2H])c(N(c2ccccc2)c2ccc(-c3ccc(-c4cc(-c5nc6ccccc6s5)cc5oc6ccc7ccccc7c6c45)cc3)cc2)c([2H])c1[2H]. The van der Waals surface area contributed by atoms with Gasteiger partial charge in [-0.2, -0.15) is 0 Å². The fourth-order valence-corrected chi connectivity index (χ4v) is 7.95. The monoisotopic (exact) mass is 675 g/mol. The fourth-order valence-electron chi connectivity index (χ4n) is 7.00. The van der Waals surface area contributed by atoms with Gasteiger partial charge in [-0.15, -0.1) is 11.3 Å². The van der Waals surface area contributed by atoms with Crippen LogP contribution in [-0.2, 0) is 0 Å². The second-order valence-electron chi connectivity index (χ2n) is 12.4. The van der Waals surface area contributed by atoms with E-state index in [9.17, 15) is 0 Å². The zero-order valence-corrected chi connectivity index (χ0v) is 28.0. The molecule has 240 valence electrons. The van der Waals surface area contributed by atoms with Crippen LogP contribution in [0.5, 0.6) is 0 Å². The first-order chi connectivity index (χ1) is 27.3. The molecule has 3 nitrogen and oxygen atoms in total. The molecule has 0 bridgehead atoms. The largest absolute Gasteiger partial charge is 0.456 e. The zero-order chi connectivity index (χ0) is 38.1. The van der Waals surface area contributed by atoms with Gasteiger partial charge >= 0.3 is 0 Å². The number of thiazole rings is 1. The van der Waals surface area contributed by atoms with Crippen molar-refractivity contribution < 1.29 is 11.3 Å². The van der Waals surface area contributed by atoms with Gasteiger partial charge in [0.1, 0.15) is 16.2 Å². The molecule has 2 aromatic heterocycles. The minimum absolute atomic E-state index is 0.0956. The maximum absolute atomic E-state index is 8.72. The Morgan fingerprint density at radius 2 is 1.22 bits per heavy atom. The Morgan fingerprint density at radius 1 is 0.529 bits per heavy atom. The lowest BCUT2D eigenvalue weighted by molar-refractivity contribution is 0.669. The van der Waals surface area contributed by atoms with Crippen molar-refractivity contribution in [2.24, 2.45) is 0 Å². The summed E-state index contributed by atoms with van der Waals surface area (Å²) in [6.07, 6.45) is 0. The Bertz CT molecular complexity index is 3080. The number of fused-ring (bicyclic) bond motifs is 6. The van der Waals surface area contributed by atoms with Crippen LogP contribution in [0.25, 0.3) is 75.8 Å². The molecule has 0 fully saturated rings. The molecule has 0 spiro atoms. The Morgan fingerprint density at radius 3 is 2.02 bits per heavy atom. The molecular weight excluding hydrogens is 641 g/mol. The first-order valence-corrected chi connectivity index (χ1v) is 17.5. The quantitative estimate of drug-likeness (QED) is 0.176. The summed E-state index contributed by atoms with van der Waals surface area (Å²) in [7, 11) is 0. The fraction of sp³-hybridized carbons (Fsp3) is 0. The minimum atomic E-state index is -0.422. The average Bonchev–Trinajstić information content (AvgIpc) is 3.86. The predicted molar refractivity (Wildman–Crippen MR) is 215 cm³/mol. The average molecular weight is 676 g/mol. The van der Waals surface area contributed by atoms with Crippen molar-refractivity contribution in [2.45, 2.75) is 0 Å². The van der Waals surface area contributed by atoms with Crippen LogP contribution in [0.4, 0.5) is 17.1 Å². The highest BCUT2D eigenvalue weighted by Crippen LogP contribution is 2.44. The van der Waals surface area contributed by atoms with E-state index >= 15 is 0 Å². The molecule has 0 atom stereocenters. The number of hydrogen-bond donors (Lipinski definition) is 0. The van der Waals surface area contributed by atoms with Gasteiger partial charge in [-0.05, 0) is 99.7 Å². The van der Waals surface area contributed by atoms with Gasteiger partial charge in [0.2, 0.25) is 0 Å². The topological polar surface area (TPSA) is 29.3 Å². The molecule has 0 saturated heterocycles. The third-order valence-corrected chi connectivity index (χ3v) is 10.5. The summed E-state index contributed by atoms with van der Waals surface area (Å²) in [5, 5.41) is 5.38. The van der Waals surface area contributed by atoms with Crippen molar-refractivity contribution in [3.05, 3.63) is 182 Å². The van der Waals surface area contributed by atoms with Crippen molar-refractivity contribution in [1.29, 1.82) is 0 Å². The summed E-state index contributed by atoms with van der Waals surface area (Å²) in [4.78, 5) is 6.71. The lowest BCUT2D eigenvalue weighted by Gasteiger charge is -2.25. The molecule has 0 aliphatic rings. The van der Waals surface area contributed by atoms with Gasteiger partial charge in [0.05, 0.1) is 17.1 Å². The molecule has 0 aliphatic carbocycles. The molecule has 0 saturated carbocycles. The normalized spacial score (nSPS) is 12.9. The Kier molecular flexibility index (Phi) is 5.85. The number of nitrogens with zero attached hydrogens (tertiary/aromatic N) is 2. The van der Waals surface area contributed by atoms with E-state index in [1.165, 1.54) is 0 Å². The molecule has 2 heterocycles. The first-order valence-electron chi connectivity index (χ1n) is 19.2. The molecule has 51 heavy (non-hydrogen) atoms. The van der Waals surface area contributed by atoms with Gasteiger partial charge in [-0.25, -0.2) is 4.98 Å². The van der Waals surface area contributed by atoms with Gasteiger partial charge < -0.3 is 9.32 Å². The standard InChI is InChI=1S/C47H30N2OS/c1-3-12-36(13-4-1)49(37-14-5-2-6-15-37)38-26-23-32(24-27-38)31-19-21-34(22-20-31)40-29-35(47-48-41-17-9-10-18-44(41)51-47)30-43-46(40)45-39-16-8-7-11-33(39)25-28-42(45)50-43/h1-30H/i1D,3D,4D,12D,13D. The van der Waals surface area contributed by atoms with Crippen LogP contribution in [0.1, 0.15) is 6.85 Å². The van der Waals surface area contributed by atoms with E-state index in [4.69, 9.17) is 16.3 Å². The highest BCUT2D eigenvalue weighted by atomic mass is 32.1. The number of benzene rings is 8. The minimum Gasteiger partial charge on any atom is -0.456 e. The number of anilines is 3. The second kappa shape index (κ2) is 12.1. The summed E-state index contributed by atoms with van der Waals surface area (Å²) >= 11 is 1.67. The first kappa shape index (κ1) is 24.6. The van der Waals surface area contributed by atoms with Gasteiger partial charge in [-0.1, -0.05) is 115 Å². The summed E-state index contributed by atoms with van der Waals surface area (Å²) in [6, 6.07) is 49.1. The molecule has 10 aromatic rings. The molecule has 0 amide bonds. The highest BCUT2D eigenvalue weighted by molar-refractivity contribution is 7.21. The van der Waals surface area contributed by atoms with Crippen LogP contribution in [0.3, 0.4) is 0 Å². The molecule has 0 radical (unpaired) electrons. The third-order valence-electron chi connectivity index (χ3n) is 9.38. The van der Waals surface area contributed by atoms with Crippen LogP contribution in [0, 0.1) is 0 Å². The Balaban J connectivity index is 1.08. The van der Waals surface area contributed by atoms with Crippen LogP contribution in [-0.4, -0.2) is 4.98 Å². The molecular formula is C47H30N2OS. The van der Waals surface area contributed by atoms with Crippen LogP contribution >= 0.6 is 11.3 Å². The van der Waals surface area contributed by atoms with E-state index in [1.54, 1.807) is 16.2 Å². The van der Waals surface area contributed by atoms with E-state index in [1.807, 2.05) is 72.8 Å². The maximum Gasteiger partial charge on any atom is 0.136 e. The second-order valence-corrected chi connectivity index (χ2v) is 13.4. The molecule has 0 aliphatic heterocycles. The highest BCUT2D eigenvalue weighted by Gasteiger charge is 2.19. The van der Waals surface area contributed by atoms with Gasteiger partial charge in [0.15, 0.2) is 0 Å². The number of para-hydroxylation sites is 3.